The zero-order valence-corrected chi connectivity index (χ0v) is 16.7. The molecule has 0 radical (unpaired) electrons. The van der Waals surface area contributed by atoms with Crippen LogP contribution in [0.1, 0.15) is 12.0 Å². The van der Waals surface area contributed by atoms with Crippen LogP contribution in [-0.4, -0.2) is 82.7 Å². The van der Waals surface area contributed by atoms with Crippen molar-refractivity contribution in [2.24, 2.45) is 10.9 Å². The first-order chi connectivity index (χ1) is 13.8. The number of aliphatic imine (C=N–C) groups is 1. The van der Waals surface area contributed by atoms with Crippen molar-refractivity contribution in [2.75, 3.05) is 59.7 Å². The van der Waals surface area contributed by atoms with E-state index in [0.717, 1.165) is 77.2 Å². The Morgan fingerprint density at radius 1 is 1.18 bits per heavy atom. The molecule has 0 aromatic heterocycles. The van der Waals surface area contributed by atoms with Crippen LogP contribution >= 0.6 is 0 Å². The highest BCUT2D eigenvalue weighted by Crippen LogP contribution is 2.27. The van der Waals surface area contributed by atoms with E-state index in [1.54, 1.807) is 0 Å². The average Bonchev–Trinajstić information content (AvgIpc) is 3.41. The van der Waals surface area contributed by atoms with E-state index in [1.807, 2.05) is 19.2 Å². The van der Waals surface area contributed by atoms with Gasteiger partial charge < -0.3 is 24.8 Å². The molecule has 0 saturated carbocycles. The molecule has 0 amide bonds. The summed E-state index contributed by atoms with van der Waals surface area (Å²) >= 11 is 0. The lowest BCUT2D eigenvalue weighted by atomic mass is 9.97. The molecule has 2 N–H and O–H groups in total. The molecular weight excluding hydrogens is 356 g/mol. The Kier molecular flexibility index (Phi) is 6.67. The maximum absolute atomic E-state index is 6.02. The topological polar surface area (TPSA) is 67.4 Å². The van der Waals surface area contributed by atoms with E-state index in [2.05, 4.69) is 32.7 Å². The zero-order chi connectivity index (χ0) is 19.2. The number of morpholine rings is 1. The number of para-hydroxylation sites is 1. The Morgan fingerprint density at radius 3 is 2.79 bits per heavy atom. The average molecular weight is 389 g/mol. The minimum atomic E-state index is 0.147. The van der Waals surface area contributed by atoms with Crippen molar-refractivity contribution < 1.29 is 14.2 Å². The second-order valence-electron chi connectivity index (χ2n) is 7.73. The molecule has 1 aromatic rings. The number of hydrogen-bond acceptors (Lipinski definition) is 5. The molecule has 28 heavy (non-hydrogen) atoms. The number of nitrogens with one attached hydrogen (secondary N) is 2. The third-order valence-electron chi connectivity index (χ3n) is 5.94. The van der Waals surface area contributed by atoms with Gasteiger partial charge >= 0.3 is 0 Å². The SMILES string of the molecule is CN=C(NCC1Cc2ccccc2O1)NCC(C1CCOC1)N1CCOCC1. The highest BCUT2D eigenvalue weighted by atomic mass is 16.5. The number of ether oxygens (including phenoxy) is 3. The Hall–Kier alpha value is -1.83. The molecule has 1 aromatic carbocycles. The van der Waals surface area contributed by atoms with Crippen molar-refractivity contribution in [3.63, 3.8) is 0 Å². The van der Waals surface area contributed by atoms with Crippen molar-refractivity contribution in [3.05, 3.63) is 29.8 Å². The van der Waals surface area contributed by atoms with E-state index in [9.17, 15) is 0 Å². The van der Waals surface area contributed by atoms with Gasteiger partial charge in [-0.2, -0.15) is 0 Å². The molecule has 7 heteroatoms. The lowest BCUT2D eigenvalue weighted by molar-refractivity contribution is 0.00246. The smallest absolute Gasteiger partial charge is 0.191 e. The van der Waals surface area contributed by atoms with Crippen LogP contribution in [0, 0.1) is 5.92 Å². The summed E-state index contributed by atoms with van der Waals surface area (Å²) in [5, 5.41) is 6.97. The highest BCUT2D eigenvalue weighted by molar-refractivity contribution is 5.79. The van der Waals surface area contributed by atoms with Gasteiger partial charge in [0.2, 0.25) is 0 Å². The summed E-state index contributed by atoms with van der Waals surface area (Å²) in [5.41, 5.74) is 1.28. The third-order valence-corrected chi connectivity index (χ3v) is 5.94. The minimum absolute atomic E-state index is 0.147. The Labute approximate surface area is 167 Å². The molecule has 3 unspecified atom stereocenters. The van der Waals surface area contributed by atoms with E-state index >= 15 is 0 Å². The number of guanidine groups is 1. The second kappa shape index (κ2) is 9.58. The van der Waals surface area contributed by atoms with E-state index in [4.69, 9.17) is 14.2 Å². The molecule has 0 aliphatic carbocycles. The van der Waals surface area contributed by atoms with E-state index in [-0.39, 0.29) is 6.10 Å². The van der Waals surface area contributed by atoms with Gasteiger partial charge in [-0.1, -0.05) is 18.2 Å². The second-order valence-corrected chi connectivity index (χ2v) is 7.73. The fourth-order valence-electron chi connectivity index (χ4n) is 4.36. The van der Waals surface area contributed by atoms with Gasteiger partial charge in [0, 0.05) is 51.7 Å². The van der Waals surface area contributed by atoms with Gasteiger partial charge in [-0.05, 0) is 18.1 Å². The summed E-state index contributed by atoms with van der Waals surface area (Å²) in [5.74, 6) is 2.40. The van der Waals surface area contributed by atoms with Crippen LogP contribution in [0.25, 0.3) is 0 Å². The monoisotopic (exact) mass is 388 g/mol. The molecule has 2 saturated heterocycles. The Bertz CT molecular complexity index is 632. The van der Waals surface area contributed by atoms with Gasteiger partial charge in [0.1, 0.15) is 11.9 Å². The van der Waals surface area contributed by atoms with Crippen molar-refractivity contribution in [3.8, 4) is 5.75 Å². The third kappa shape index (κ3) is 4.77. The molecule has 3 heterocycles. The molecule has 7 nitrogen and oxygen atoms in total. The fraction of sp³-hybridized carbons (Fsp3) is 0.667. The molecule has 3 aliphatic rings. The van der Waals surface area contributed by atoms with Gasteiger partial charge in [0.25, 0.3) is 0 Å². The summed E-state index contributed by atoms with van der Waals surface area (Å²) in [6.45, 7) is 6.93. The van der Waals surface area contributed by atoms with Crippen LogP contribution in [0.4, 0.5) is 0 Å². The van der Waals surface area contributed by atoms with E-state index < -0.39 is 0 Å². The van der Waals surface area contributed by atoms with Crippen LogP contribution in [-0.2, 0) is 15.9 Å². The van der Waals surface area contributed by atoms with E-state index in [0.29, 0.717) is 12.0 Å². The fourth-order valence-corrected chi connectivity index (χ4v) is 4.36. The summed E-state index contributed by atoms with van der Waals surface area (Å²) in [6, 6.07) is 8.71. The van der Waals surface area contributed by atoms with Crippen LogP contribution in [0.2, 0.25) is 0 Å². The van der Waals surface area contributed by atoms with Crippen LogP contribution in [0.3, 0.4) is 0 Å². The number of hydrogen-bond donors (Lipinski definition) is 2. The van der Waals surface area contributed by atoms with Crippen molar-refractivity contribution >= 4 is 5.96 Å². The molecule has 3 aliphatic heterocycles. The first kappa shape index (κ1) is 19.5. The highest BCUT2D eigenvalue weighted by Gasteiger charge is 2.31. The number of rotatable bonds is 6. The summed E-state index contributed by atoms with van der Waals surface area (Å²) in [4.78, 5) is 6.95. The van der Waals surface area contributed by atoms with Gasteiger partial charge in [0.15, 0.2) is 5.96 Å². The first-order valence-corrected chi connectivity index (χ1v) is 10.4. The maximum Gasteiger partial charge on any atom is 0.191 e. The first-order valence-electron chi connectivity index (χ1n) is 10.4. The predicted octanol–water partition coefficient (Wildman–Crippen LogP) is 0.892. The summed E-state index contributed by atoms with van der Waals surface area (Å²) in [6.07, 6.45) is 2.22. The van der Waals surface area contributed by atoms with E-state index in [1.165, 1.54) is 5.56 Å². The molecular formula is C21H32N4O3. The van der Waals surface area contributed by atoms with Crippen molar-refractivity contribution in [1.29, 1.82) is 0 Å². The minimum Gasteiger partial charge on any atom is -0.488 e. The number of nitrogens with zero attached hydrogens (tertiary/aromatic N) is 2. The van der Waals surface area contributed by atoms with Crippen molar-refractivity contribution in [2.45, 2.75) is 25.0 Å². The van der Waals surface area contributed by atoms with Crippen LogP contribution in [0.5, 0.6) is 5.75 Å². The molecule has 0 spiro atoms. The lowest BCUT2D eigenvalue weighted by Crippen LogP contribution is -2.54. The molecule has 4 rings (SSSR count). The van der Waals surface area contributed by atoms with Gasteiger partial charge in [-0.25, -0.2) is 0 Å². The van der Waals surface area contributed by atoms with Gasteiger partial charge in [-0.15, -0.1) is 0 Å². The summed E-state index contributed by atoms with van der Waals surface area (Å²) in [7, 11) is 1.82. The van der Waals surface area contributed by atoms with Gasteiger partial charge in [0.05, 0.1) is 26.4 Å². The molecule has 3 atom stereocenters. The Morgan fingerprint density at radius 2 is 2.04 bits per heavy atom. The lowest BCUT2D eigenvalue weighted by Gasteiger charge is -2.37. The number of benzene rings is 1. The largest absolute Gasteiger partial charge is 0.488 e. The van der Waals surface area contributed by atoms with Gasteiger partial charge in [-0.3, -0.25) is 9.89 Å². The normalized spacial score (nSPS) is 26.5. The molecule has 154 valence electrons. The Balaban J connectivity index is 1.27. The molecule has 2 fully saturated rings. The van der Waals surface area contributed by atoms with Crippen LogP contribution in [0.15, 0.2) is 29.3 Å². The molecule has 0 bridgehead atoms. The quantitative estimate of drug-likeness (QED) is 0.557. The summed E-state index contributed by atoms with van der Waals surface area (Å²) < 4.78 is 17.2. The maximum atomic E-state index is 6.02. The number of fused-ring (bicyclic) bond motifs is 1. The standard InChI is InChI=1S/C21H32N4O3/c1-22-21(23-13-18-12-16-4-2-3-5-20(16)28-18)24-14-19(17-6-9-27-15-17)25-7-10-26-11-8-25/h2-5,17-19H,6-15H2,1H3,(H2,22,23,24). The van der Waals surface area contributed by atoms with Crippen molar-refractivity contribution in [1.82, 2.24) is 15.5 Å². The predicted molar refractivity (Wildman–Crippen MR) is 109 cm³/mol. The zero-order valence-electron chi connectivity index (χ0n) is 16.7. The van der Waals surface area contributed by atoms with Crippen LogP contribution < -0.4 is 15.4 Å².